The minimum atomic E-state index is 0.857. The van der Waals surface area contributed by atoms with Crippen LogP contribution in [0.2, 0.25) is 0 Å². The van der Waals surface area contributed by atoms with E-state index in [2.05, 4.69) is 228 Å². The molecule has 0 aliphatic rings. The fourth-order valence-corrected chi connectivity index (χ4v) is 11.5. The average Bonchev–Trinajstić information content (AvgIpc) is 4.01. The maximum Gasteiger partial charge on any atom is 0.143 e. The summed E-state index contributed by atoms with van der Waals surface area (Å²) in [7, 11) is 0. The fraction of sp³-hybridized carbons (Fsp3) is 0. The molecule has 0 fully saturated rings. The first-order valence-electron chi connectivity index (χ1n) is 23.8. The number of fused-ring (bicyclic) bond motifs is 16. The summed E-state index contributed by atoms with van der Waals surface area (Å²) in [6.07, 6.45) is 1.93. The Morgan fingerprint density at radius 1 is 0.286 bits per heavy atom. The molecule has 0 N–H and O–H groups in total. The third kappa shape index (κ3) is 5.57. The highest BCUT2D eigenvalue weighted by molar-refractivity contribution is 6.32. The molecule has 4 heterocycles. The number of hydrogen-bond donors (Lipinski definition) is 0. The van der Waals surface area contributed by atoms with Crippen molar-refractivity contribution in [2.24, 2.45) is 0 Å². The molecule has 0 amide bonds. The average molecular weight is 894 g/mol. The standard InChI is InChI=1S/C65H39N3O2/c1-3-18-40(19-4-1)67-55-33-9-10-34-56(55)68(41-20-5-2-6-21-41)58-39-54-53(38-57(58)67)47-27-14-26-46(52-31-16-29-50-43-23-8-12-36-60(43)70-65(50)52)62(47)61-44(48-32-17-37-66-63(48)54)24-13-25-45(61)51-30-15-28-49-42-22-7-11-35-59(42)69-64(49)51/h1-39H. The molecule has 15 rings (SSSR count). The summed E-state index contributed by atoms with van der Waals surface area (Å²) in [4.78, 5) is 5.36. The Bertz CT molecular complexity index is 4710. The van der Waals surface area contributed by atoms with Gasteiger partial charge in [-0.3, -0.25) is 4.98 Å². The van der Waals surface area contributed by atoms with E-state index in [9.17, 15) is 0 Å². The van der Waals surface area contributed by atoms with Crippen LogP contribution in [0.15, 0.2) is 246 Å². The predicted molar refractivity (Wildman–Crippen MR) is 291 cm³/mol. The Kier molecular flexibility index (Phi) is 8.29. The van der Waals surface area contributed by atoms with Gasteiger partial charge in [0, 0.05) is 61.0 Å². The van der Waals surface area contributed by atoms with E-state index >= 15 is 0 Å². The SMILES string of the molecule is c1ccc(-n2c3ccccc3n(-c3ccccc3)c3cc4c(cc32)c2cccc(-c3cccc5c3oc3ccccc35)c2c2c(-c3cccc5c3oc3ccccc35)cccc2c2cccnc42)cc1. The third-order valence-electron chi connectivity index (χ3n) is 14.4. The summed E-state index contributed by atoms with van der Waals surface area (Å²) in [5, 5.41) is 11.9. The molecule has 11 aromatic carbocycles. The fourth-order valence-electron chi connectivity index (χ4n) is 11.5. The van der Waals surface area contributed by atoms with Crippen molar-refractivity contribution in [3.05, 3.63) is 237 Å². The Labute approximate surface area is 400 Å². The van der Waals surface area contributed by atoms with Crippen LogP contribution in [0.4, 0.5) is 0 Å². The van der Waals surface area contributed by atoms with Crippen LogP contribution in [-0.2, 0) is 0 Å². The summed E-state index contributed by atoms with van der Waals surface area (Å²) in [5.74, 6) is 0. The molecule has 5 heteroatoms. The van der Waals surface area contributed by atoms with E-state index in [1.54, 1.807) is 0 Å². The quantitative estimate of drug-likeness (QED) is 0.165. The number of furan rings is 2. The lowest BCUT2D eigenvalue weighted by Gasteiger charge is -2.23. The van der Waals surface area contributed by atoms with Gasteiger partial charge in [0.05, 0.1) is 27.6 Å². The second-order valence-corrected chi connectivity index (χ2v) is 18.1. The highest BCUT2D eigenvalue weighted by Crippen LogP contribution is 2.48. The van der Waals surface area contributed by atoms with Gasteiger partial charge >= 0.3 is 0 Å². The van der Waals surface area contributed by atoms with Crippen LogP contribution in [0, 0.1) is 0 Å². The molecule has 0 unspecified atom stereocenters. The molecule has 0 saturated heterocycles. The molecule has 0 saturated carbocycles. The van der Waals surface area contributed by atoms with Gasteiger partial charge in [-0.25, -0.2) is 0 Å². The summed E-state index contributed by atoms with van der Waals surface area (Å²) < 4.78 is 18.6. The number of pyridine rings is 1. The van der Waals surface area contributed by atoms with E-state index in [4.69, 9.17) is 13.8 Å². The first-order valence-corrected chi connectivity index (χ1v) is 23.8. The van der Waals surface area contributed by atoms with Crippen LogP contribution in [0.3, 0.4) is 0 Å². The molecule has 0 bridgehead atoms. The van der Waals surface area contributed by atoms with Crippen molar-refractivity contribution in [3.8, 4) is 33.6 Å². The van der Waals surface area contributed by atoms with Crippen LogP contribution >= 0.6 is 0 Å². The molecule has 4 aromatic heterocycles. The van der Waals surface area contributed by atoms with Gasteiger partial charge in [0.15, 0.2) is 0 Å². The Balaban J connectivity index is 1.22. The lowest BCUT2D eigenvalue weighted by atomic mass is 9.87. The molecule has 326 valence electrons. The Hall–Kier alpha value is -9.45. The van der Waals surface area contributed by atoms with Gasteiger partial charge in [-0.15, -0.1) is 0 Å². The number of hydrogen-bond acceptors (Lipinski definition) is 3. The molecule has 0 aliphatic heterocycles. The topological polar surface area (TPSA) is 49.0 Å². The molecular weight excluding hydrogens is 855 g/mol. The monoisotopic (exact) mass is 893 g/mol. The largest absolute Gasteiger partial charge is 0.455 e. The number of nitrogens with zero attached hydrogens (tertiary/aromatic N) is 3. The lowest BCUT2D eigenvalue weighted by molar-refractivity contribution is 0.669. The molecule has 0 aliphatic carbocycles. The second-order valence-electron chi connectivity index (χ2n) is 18.1. The zero-order valence-corrected chi connectivity index (χ0v) is 37.7. The van der Waals surface area contributed by atoms with Gasteiger partial charge in [-0.2, -0.15) is 0 Å². The molecule has 0 spiro atoms. The van der Waals surface area contributed by atoms with Gasteiger partial charge in [-0.1, -0.05) is 164 Å². The summed E-state index contributed by atoms with van der Waals surface area (Å²) >= 11 is 0. The van der Waals surface area contributed by atoms with Gasteiger partial charge in [-0.05, 0) is 105 Å². The molecule has 5 nitrogen and oxygen atoms in total. The van der Waals surface area contributed by atoms with Crippen molar-refractivity contribution in [2.75, 3.05) is 0 Å². The number of aromatic nitrogens is 3. The first-order chi connectivity index (χ1) is 34.8. The van der Waals surface area contributed by atoms with Gasteiger partial charge in [0.25, 0.3) is 0 Å². The smallest absolute Gasteiger partial charge is 0.143 e. The van der Waals surface area contributed by atoms with E-state index in [0.29, 0.717) is 0 Å². The van der Waals surface area contributed by atoms with Gasteiger partial charge in [0.2, 0.25) is 0 Å². The summed E-state index contributed by atoms with van der Waals surface area (Å²) in [6, 6.07) is 82.6. The van der Waals surface area contributed by atoms with E-state index in [-0.39, 0.29) is 0 Å². The third-order valence-corrected chi connectivity index (χ3v) is 14.4. The van der Waals surface area contributed by atoms with Gasteiger partial charge < -0.3 is 18.0 Å². The Morgan fingerprint density at radius 3 is 1.24 bits per heavy atom. The maximum absolute atomic E-state index is 6.89. The lowest BCUT2D eigenvalue weighted by Crippen LogP contribution is -2.08. The van der Waals surface area contributed by atoms with Crippen molar-refractivity contribution in [1.82, 2.24) is 14.1 Å². The highest BCUT2D eigenvalue weighted by Gasteiger charge is 2.23. The van der Waals surface area contributed by atoms with Crippen LogP contribution in [-0.4, -0.2) is 14.1 Å². The van der Waals surface area contributed by atoms with Gasteiger partial charge in [0.1, 0.15) is 22.3 Å². The zero-order valence-electron chi connectivity index (χ0n) is 37.7. The number of para-hydroxylation sites is 8. The van der Waals surface area contributed by atoms with Crippen LogP contribution < -0.4 is 0 Å². The second kappa shape index (κ2) is 15.0. The van der Waals surface area contributed by atoms with Crippen LogP contribution in [0.25, 0.3) is 143 Å². The minimum absolute atomic E-state index is 0.857. The Morgan fingerprint density at radius 2 is 0.700 bits per heavy atom. The molecule has 0 radical (unpaired) electrons. The van der Waals surface area contributed by atoms with Crippen LogP contribution in [0.1, 0.15) is 0 Å². The predicted octanol–water partition coefficient (Wildman–Crippen LogP) is 17.8. The normalized spacial score (nSPS) is 12.0. The zero-order chi connectivity index (χ0) is 45.9. The van der Waals surface area contributed by atoms with Crippen molar-refractivity contribution in [2.45, 2.75) is 0 Å². The molecule has 70 heavy (non-hydrogen) atoms. The van der Waals surface area contributed by atoms with E-state index < -0.39 is 0 Å². The van der Waals surface area contributed by atoms with E-state index in [0.717, 1.165) is 143 Å². The molecular formula is C65H39N3O2. The number of rotatable bonds is 4. The first kappa shape index (κ1) is 38.6. The van der Waals surface area contributed by atoms with Crippen LogP contribution in [0.5, 0.6) is 0 Å². The van der Waals surface area contributed by atoms with E-state index in [1.807, 2.05) is 18.3 Å². The van der Waals surface area contributed by atoms with Crippen molar-refractivity contribution >= 4 is 109 Å². The summed E-state index contributed by atoms with van der Waals surface area (Å²) in [5.41, 5.74) is 15.0. The highest BCUT2D eigenvalue weighted by atomic mass is 16.3. The minimum Gasteiger partial charge on any atom is -0.455 e. The molecule has 0 atom stereocenters. The van der Waals surface area contributed by atoms with Crippen molar-refractivity contribution in [1.29, 1.82) is 0 Å². The summed E-state index contributed by atoms with van der Waals surface area (Å²) in [6.45, 7) is 0. The maximum atomic E-state index is 6.89. The number of benzene rings is 10. The van der Waals surface area contributed by atoms with E-state index in [1.165, 1.54) is 0 Å². The van der Waals surface area contributed by atoms with Crippen molar-refractivity contribution < 1.29 is 8.83 Å². The molecule has 15 aromatic rings. The van der Waals surface area contributed by atoms with Crippen molar-refractivity contribution in [3.63, 3.8) is 0 Å².